The number of thiophene rings is 1. The normalized spacial score (nSPS) is 10.4. The van der Waals surface area contributed by atoms with E-state index in [2.05, 4.69) is 54.3 Å². The van der Waals surface area contributed by atoms with Gasteiger partial charge in [0.1, 0.15) is 0 Å². The minimum Gasteiger partial charge on any atom is -0.384 e. The van der Waals surface area contributed by atoms with Gasteiger partial charge in [0.2, 0.25) is 0 Å². The first-order valence-corrected chi connectivity index (χ1v) is 7.23. The fourth-order valence-electron chi connectivity index (χ4n) is 1.33. The smallest absolute Gasteiger partial charge is 0.0701 e. The van der Waals surface area contributed by atoms with Crippen LogP contribution in [0.25, 0.3) is 0 Å². The Bertz CT molecular complexity index is 471. The molecule has 0 aliphatic carbocycles. The van der Waals surface area contributed by atoms with Crippen molar-refractivity contribution in [3.63, 3.8) is 0 Å². The molecule has 0 bridgehead atoms. The summed E-state index contributed by atoms with van der Waals surface area (Å²) in [4.78, 5) is 5.40. The lowest BCUT2D eigenvalue weighted by molar-refractivity contribution is 1.04. The van der Waals surface area contributed by atoms with Crippen LogP contribution >= 0.6 is 43.2 Å². The highest BCUT2D eigenvalue weighted by molar-refractivity contribution is 9.11. The molecular formula is C11H10Br2N2S. The van der Waals surface area contributed by atoms with Crippen LogP contribution in [0, 0.1) is 0 Å². The van der Waals surface area contributed by atoms with Gasteiger partial charge in [-0.05, 0) is 56.5 Å². The average Bonchev–Trinajstić information content (AvgIpc) is 2.67. The van der Waals surface area contributed by atoms with Gasteiger partial charge < -0.3 is 5.32 Å². The van der Waals surface area contributed by atoms with E-state index in [1.165, 1.54) is 8.66 Å². The number of aromatic nitrogens is 1. The molecule has 0 amide bonds. The molecule has 2 nitrogen and oxygen atoms in total. The van der Waals surface area contributed by atoms with Crippen molar-refractivity contribution >= 4 is 48.9 Å². The summed E-state index contributed by atoms with van der Waals surface area (Å²) in [5.74, 6) is 0. The Morgan fingerprint density at radius 3 is 2.81 bits per heavy atom. The molecule has 16 heavy (non-hydrogen) atoms. The molecular weight excluding hydrogens is 352 g/mol. The summed E-state index contributed by atoms with van der Waals surface area (Å²) in [6.45, 7) is 0.926. The van der Waals surface area contributed by atoms with Crippen LogP contribution in [-0.4, -0.2) is 11.5 Å². The molecule has 0 aromatic carbocycles. The summed E-state index contributed by atoms with van der Waals surface area (Å²) < 4.78 is 2.19. The second-order valence-electron chi connectivity index (χ2n) is 3.24. The Morgan fingerprint density at radius 1 is 1.25 bits per heavy atom. The number of rotatable bonds is 4. The summed E-state index contributed by atoms with van der Waals surface area (Å²) in [6, 6.07) is 6.20. The van der Waals surface area contributed by atoms with Crippen LogP contribution in [0.2, 0.25) is 0 Å². The van der Waals surface area contributed by atoms with Gasteiger partial charge in [0.25, 0.3) is 0 Å². The predicted molar refractivity (Wildman–Crippen MR) is 76.1 cm³/mol. The van der Waals surface area contributed by atoms with Crippen molar-refractivity contribution in [2.45, 2.75) is 6.42 Å². The van der Waals surface area contributed by atoms with Gasteiger partial charge in [0.05, 0.1) is 13.9 Å². The highest BCUT2D eigenvalue weighted by Gasteiger charge is 2.00. The van der Waals surface area contributed by atoms with E-state index < -0.39 is 0 Å². The molecule has 0 aliphatic heterocycles. The molecule has 2 rings (SSSR count). The summed E-state index contributed by atoms with van der Waals surface area (Å²) in [6.07, 6.45) is 4.61. The average molecular weight is 362 g/mol. The predicted octanol–water partition coefficient (Wildman–Crippen LogP) is 4.32. The standard InChI is InChI=1S/C11H10Br2N2S/c12-9-7-14-5-4-10(9)15-6-3-8-1-2-11(13)16-8/h1-2,4-5,7H,3,6H2,(H,14,15). The quantitative estimate of drug-likeness (QED) is 0.876. The van der Waals surface area contributed by atoms with Crippen LogP contribution in [0.4, 0.5) is 5.69 Å². The Hall–Kier alpha value is -0.390. The lowest BCUT2D eigenvalue weighted by Crippen LogP contribution is -2.04. The SMILES string of the molecule is Brc1ccc(CCNc2ccncc2Br)s1. The number of halogens is 2. The molecule has 2 aromatic heterocycles. The van der Waals surface area contributed by atoms with E-state index in [-0.39, 0.29) is 0 Å². The topological polar surface area (TPSA) is 24.9 Å². The van der Waals surface area contributed by atoms with Gasteiger partial charge in [-0.2, -0.15) is 0 Å². The monoisotopic (exact) mass is 360 g/mol. The van der Waals surface area contributed by atoms with Crippen LogP contribution in [0.1, 0.15) is 4.88 Å². The Kier molecular flexibility index (Phi) is 4.37. The summed E-state index contributed by atoms with van der Waals surface area (Å²) >= 11 is 8.70. The molecule has 2 aromatic rings. The molecule has 0 fully saturated rings. The first-order chi connectivity index (χ1) is 7.75. The first-order valence-electron chi connectivity index (χ1n) is 4.83. The van der Waals surface area contributed by atoms with Gasteiger partial charge in [0.15, 0.2) is 0 Å². The van der Waals surface area contributed by atoms with Crippen molar-refractivity contribution in [2.24, 2.45) is 0 Å². The molecule has 0 spiro atoms. The third kappa shape index (κ3) is 3.30. The van der Waals surface area contributed by atoms with Crippen LogP contribution in [-0.2, 0) is 6.42 Å². The third-order valence-corrected chi connectivity index (χ3v) is 4.40. The summed E-state index contributed by atoms with van der Waals surface area (Å²) in [5, 5.41) is 3.38. The highest BCUT2D eigenvalue weighted by atomic mass is 79.9. The lowest BCUT2D eigenvalue weighted by Gasteiger charge is -2.06. The molecule has 0 saturated heterocycles. The number of hydrogen-bond donors (Lipinski definition) is 1. The van der Waals surface area contributed by atoms with Crippen LogP contribution in [0.3, 0.4) is 0 Å². The molecule has 1 N–H and O–H groups in total. The van der Waals surface area contributed by atoms with Gasteiger partial charge in [-0.25, -0.2) is 0 Å². The van der Waals surface area contributed by atoms with Crippen molar-refractivity contribution in [3.05, 3.63) is 43.7 Å². The molecule has 2 heterocycles. The number of pyridine rings is 1. The van der Waals surface area contributed by atoms with Crippen molar-refractivity contribution in [1.29, 1.82) is 0 Å². The van der Waals surface area contributed by atoms with E-state index in [1.54, 1.807) is 23.7 Å². The van der Waals surface area contributed by atoms with E-state index >= 15 is 0 Å². The lowest BCUT2D eigenvalue weighted by atomic mass is 10.3. The van der Waals surface area contributed by atoms with Crippen LogP contribution in [0.15, 0.2) is 38.9 Å². The van der Waals surface area contributed by atoms with E-state index in [4.69, 9.17) is 0 Å². The zero-order valence-electron chi connectivity index (χ0n) is 8.41. The van der Waals surface area contributed by atoms with Crippen LogP contribution < -0.4 is 5.32 Å². The van der Waals surface area contributed by atoms with Gasteiger partial charge in [-0.15, -0.1) is 11.3 Å². The van der Waals surface area contributed by atoms with Gasteiger partial charge in [-0.1, -0.05) is 0 Å². The summed E-state index contributed by atoms with van der Waals surface area (Å²) in [5.41, 5.74) is 1.09. The maximum Gasteiger partial charge on any atom is 0.0701 e. The zero-order valence-corrected chi connectivity index (χ0v) is 12.4. The van der Waals surface area contributed by atoms with Crippen LogP contribution in [0.5, 0.6) is 0 Å². The molecule has 5 heteroatoms. The Labute approximate surface area is 115 Å². The maximum atomic E-state index is 4.02. The Morgan fingerprint density at radius 2 is 2.12 bits per heavy atom. The van der Waals surface area contributed by atoms with Crippen molar-refractivity contribution in [3.8, 4) is 0 Å². The summed E-state index contributed by atoms with van der Waals surface area (Å²) in [7, 11) is 0. The molecule has 84 valence electrons. The third-order valence-electron chi connectivity index (χ3n) is 2.09. The number of nitrogens with one attached hydrogen (secondary N) is 1. The zero-order chi connectivity index (χ0) is 11.4. The largest absolute Gasteiger partial charge is 0.384 e. The molecule has 0 atom stereocenters. The van der Waals surface area contributed by atoms with Gasteiger partial charge in [0, 0.05) is 23.8 Å². The number of anilines is 1. The molecule has 0 saturated carbocycles. The fraction of sp³-hybridized carbons (Fsp3) is 0.182. The number of nitrogens with zero attached hydrogens (tertiary/aromatic N) is 1. The molecule has 0 aliphatic rings. The van der Waals surface area contributed by atoms with E-state index in [9.17, 15) is 0 Å². The van der Waals surface area contributed by atoms with E-state index in [0.29, 0.717) is 0 Å². The van der Waals surface area contributed by atoms with Gasteiger partial charge >= 0.3 is 0 Å². The Balaban J connectivity index is 1.87. The highest BCUT2D eigenvalue weighted by Crippen LogP contribution is 2.23. The second kappa shape index (κ2) is 5.80. The van der Waals surface area contributed by atoms with E-state index in [0.717, 1.165) is 23.1 Å². The van der Waals surface area contributed by atoms with Crippen molar-refractivity contribution in [2.75, 3.05) is 11.9 Å². The second-order valence-corrected chi connectivity index (χ2v) is 6.64. The molecule has 0 radical (unpaired) electrons. The van der Waals surface area contributed by atoms with Gasteiger partial charge in [-0.3, -0.25) is 4.98 Å². The first kappa shape index (κ1) is 12.1. The minimum absolute atomic E-state index is 0.926. The molecule has 0 unspecified atom stereocenters. The minimum atomic E-state index is 0.926. The maximum absolute atomic E-state index is 4.02. The number of hydrogen-bond acceptors (Lipinski definition) is 3. The van der Waals surface area contributed by atoms with Crippen molar-refractivity contribution < 1.29 is 0 Å². The van der Waals surface area contributed by atoms with E-state index in [1.807, 2.05) is 6.07 Å². The van der Waals surface area contributed by atoms with Crippen molar-refractivity contribution in [1.82, 2.24) is 4.98 Å². The fourth-order valence-corrected chi connectivity index (χ4v) is 3.20.